The van der Waals surface area contributed by atoms with Gasteiger partial charge < -0.3 is 10.1 Å². The van der Waals surface area contributed by atoms with Crippen LogP contribution in [-0.2, 0) is 6.42 Å². The molecule has 0 radical (unpaired) electrons. The Kier molecular flexibility index (Phi) is 6.06. The van der Waals surface area contributed by atoms with Gasteiger partial charge in [0.1, 0.15) is 5.75 Å². The number of hydrogen-bond donors (Lipinski definition) is 2. The van der Waals surface area contributed by atoms with E-state index in [1.807, 2.05) is 11.4 Å². The van der Waals surface area contributed by atoms with Crippen LogP contribution in [0.4, 0.5) is 15.6 Å². The predicted octanol–water partition coefficient (Wildman–Crippen LogP) is 6.05. The van der Waals surface area contributed by atoms with Gasteiger partial charge in [0.15, 0.2) is 5.13 Å². The molecule has 1 heterocycles. The smallest absolute Gasteiger partial charge is 0.325 e. The number of nitrogens with one attached hydrogen (secondary N) is 2. The van der Waals surface area contributed by atoms with E-state index in [1.165, 1.54) is 22.5 Å². The number of nitrogens with zero attached hydrogens (tertiary/aromatic N) is 1. The van der Waals surface area contributed by atoms with E-state index in [4.69, 9.17) is 4.74 Å². The molecule has 150 valence electrons. The van der Waals surface area contributed by atoms with Gasteiger partial charge in [0.25, 0.3) is 0 Å². The number of carbonyl (C=O) groups excluding carboxylic acids is 1. The first-order valence-electron chi connectivity index (χ1n) is 9.50. The average molecular weight is 416 g/mol. The summed E-state index contributed by atoms with van der Waals surface area (Å²) in [7, 11) is 1.60. The lowest BCUT2D eigenvalue weighted by Gasteiger charge is -2.06. The van der Waals surface area contributed by atoms with Crippen molar-refractivity contribution in [3.63, 3.8) is 0 Å². The molecule has 30 heavy (non-hydrogen) atoms. The SMILES string of the molecule is COc1ccc(NC(=O)Nc2nc(-c3ccc(Cc4ccccc4)cc3)cs2)cc1. The lowest BCUT2D eigenvalue weighted by atomic mass is 10.0. The van der Waals surface area contributed by atoms with Crippen LogP contribution in [0.2, 0.25) is 0 Å². The van der Waals surface area contributed by atoms with Crippen molar-refractivity contribution in [2.75, 3.05) is 17.7 Å². The van der Waals surface area contributed by atoms with E-state index in [0.717, 1.165) is 23.4 Å². The van der Waals surface area contributed by atoms with Crippen molar-refractivity contribution in [2.45, 2.75) is 6.42 Å². The van der Waals surface area contributed by atoms with E-state index in [1.54, 1.807) is 31.4 Å². The van der Waals surface area contributed by atoms with Gasteiger partial charge >= 0.3 is 6.03 Å². The summed E-state index contributed by atoms with van der Waals surface area (Å²) in [5, 5.41) is 8.05. The topological polar surface area (TPSA) is 63.2 Å². The second kappa shape index (κ2) is 9.24. The van der Waals surface area contributed by atoms with Crippen molar-refractivity contribution < 1.29 is 9.53 Å². The van der Waals surface area contributed by atoms with E-state index in [2.05, 4.69) is 64.1 Å². The fraction of sp³-hybridized carbons (Fsp3) is 0.0833. The minimum Gasteiger partial charge on any atom is -0.497 e. The van der Waals surface area contributed by atoms with E-state index in [-0.39, 0.29) is 6.03 Å². The number of amides is 2. The molecule has 0 spiro atoms. The van der Waals surface area contributed by atoms with Crippen molar-refractivity contribution in [1.29, 1.82) is 0 Å². The maximum atomic E-state index is 12.2. The normalized spacial score (nSPS) is 10.4. The molecule has 0 saturated heterocycles. The molecule has 0 unspecified atom stereocenters. The number of thiazole rings is 1. The van der Waals surface area contributed by atoms with Crippen molar-refractivity contribution >= 4 is 28.2 Å². The van der Waals surface area contributed by atoms with E-state index >= 15 is 0 Å². The third kappa shape index (κ3) is 5.04. The summed E-state index contributed by atoms with van der Waals surface area (Å²) in [6, 6.07) is 25.6. The number of anilines is 2. The quantitative estimate of drug-likeness (QED) is 0.403. The standard InChI is InChI=1S/C24H21N3O2S/c1-29-21-13-11-20(12-14-21)25-23(28)27-24-26-22(16-30-24)19-9-7-18(8-10-19)15-17-5-3-2-4-6-17/h2-14,16H,15H2,1H3,(H2,25,26,27,28). The van der Waals surface area contributed by atoms with Gasteiger partial charge in [0, 0.05) is 16.6 Å². The molecule has 5 nitrogen and oxygen atoms in total. The highest BCUT2D eigenvalue weighted by atomic mass is 32.1. The highest BCUT2D eigenvalue weighted by Crippen LogP contribution is 2.26. The summed E-state index contributed by atoms with van der Waals surface area (Å²) in [4.78, 5) is 16.7. The third-order valence-electron chi connectivity index (χ3n) is 4.57. The zero-order valence-electron chi connectivity index (χ0n) is 16.5. The number of ether oxygens (including phenoxy) is 1. The molecule has 0 fully saturated rings. The second-order valence-electron chi connectivity index (χ2n) is 6.70. The van der Waals surface area contributed by atoms with Crippen molar-refractivity contribution in [2.24, 2.45) is 0 Å². The monoisotopic (exact) mass is 415 g/mol. The lowest BCUT2D eigenvalue weighted by Crippen LogP contribution is -2.19. The summed E-state index contributed by atoms with van der Waals surface area (Å²) in [5.74, 6) is 0.736. The predicted molar refractivity (Wildman–Crippen MR) is 122 cm³/mol. The summed E-state index contributed by atoms with van der Waals surface area (Å²) in [5.41, 5.74) is 5.07. The van der Waals surface area contributed by atoms with Gasteiger partial charge in [-0.15, -0.1) is 11.3 Å². The number of carbonyl (C=O) groups is 1. The molecule has 6 heteroatoms. The van der Waals surface area contributed by atoms with Crippen molar-refractivity contribution in [3.8, 4) is 17.0 Å². The van der Waals surface area contributed by atoms with Crippen LogP contribution in [0.3, 0.4) is 0 Å². The highest BCUT2D eigenvalue weighted by molar-refractivity contribution is 7.14. The molecule has 2 N–H and O–H groups in total. The number of aromatic nitrogens is 1. The zero-order valence-corrected chi connectivity index (χ0v) is 17.3. The Bertz CT molecular complexity index is 1110. The van der Waals surface area contributed by atoms with Gasteiger partial charge in [-0.2, -0.15) is 0 Å². The van der Waals surface area contributed by atoms with Gasteiger partial charge in [0.05, 0.1) is 12.8 Å². The lowest BCUT2D eigenvalue weighted by molar-refractivity contribution is 0.262. The molecule has 1 aromatic heterocycles. The summed E-state index contributed by atoms with van der Waals surface area (Å²) in [6.07, 6.45) is 0.899. The van der Waals surface area contributed by atoms with E-state index in [0.29, 0.717) is 10.8 Å². The Morgan fingerprint density at radius 2 is 1.60 bits per heavy atom. The summed E-state index contributed by atoms with van der Waals surface area (Å²) >= 11 is 1.39. The maximum Gasteiger partial charge on any atom is 0.325 e. The van der Waals surface area contributed by atoms with Crippen LogP contribution in [0.5, 0.6) is 5.75 Å². The molecule has 0 bridgehead atoms. The van der Waals surface area contributed by atoms with Crippen LogP contribution in [0.25, 0.3) is 11.3 Å². The van der Waals surface area contributed by atoms with Crippen molar-refractivity contribution in [1.82, 2.24) is 4.98 Å². The van der Waals surface area contributed by atoms with Gasteiger partial charge in [-0.25, -0.2) is 9.78 Å². The molecular weight excluding hydrogens is 394 g/mol. The molecule has 0 saturated carbocycles. The Morgan fingerprint density at radius 1 is 0.900 bits per heavy atom. The Labute approximate surface area is 179 Å². The first-order valence-corrected chi connectivity index (χ1v) is 10.4. The molecule has 2 amide bonds. The zero-order chi connectivity index (χ0) is 20.8. The number of urea groups is 1. The number of hydrogen-bond acceptors (Lipinski definition) is 4. The minimum absolute atomic E-state index is 0.334. The fourth-order valence-electron chi connectivity index (χ4n) is 3.02. The Hall–Kier alpha value is -3.64. The first-order chi connectivity index (χ1) is 14.7. The van der Waals surface area contributed by atoms with Crippen LogP contribution >= 0.6 is 11.3 Å². The summed E-state index contributed by atoms with van der Waals surface area (Å²) < 4.78 is 5.11. The molecular formula is C24H21N3O2S. The Morgan fingerprint density at radius 3 is 2.30 bits per heavy atom. The molecule has 3 aromatic carbocycles. The maximum absolute atomic E-state index is 12.2. The Balaban J connectivity index is 1.36. The van der Waals surface area contributed by atoms with E-state index < -0.39 is 0 Å². The molecule has 4 rings (SSSR count). The second-order valence-corrected chi connectivity index (χ2v) is 7.56. The van der Waals surface area contributed by atoms with Gasteiger partial charge in [0.2, 0.25) is 0 Å². The van der Waals surface area contributed by atoms with Gasteiger partial charge in [-0.1, -0.05) is 54.6 Å². The van der Waals surface area contributed by atoms with Crippen LogP contribution < -0.4 is 15.4 Å². The number of rotatable bonds is 6. The molecule has 0 aliphatic rings. The fourth-order valence-corrected chi connectivity index (χ4v) is 3.74. The van der Waals surface area contributed by atoms with Crippen LogP contribution in [0.15, 0.2) is 84.2 Å². The number of benzene rings is 3. The van der Waals surface area contributed by atoms with Crippen LogP contribution in [-0.4, -0.2) is 18.1 Å². The largest absolute Gasteiger partial charge is 0.497 e. The van der Waals surface area contributed by atoms with Crippen molar-refractivity contribution in [3.05, 3.63) is 95.4 Å². The third-order valence-corrected chi connectivity index (χ3v) is 5.33. The minimum atomic E-state index is -0.334. The molecule has 0 atom stereocenters. The molecule has 0 aliphatic carbocycles. The van der Waals surface area contributed by atoms with Gasteiger partial charge in [-0.05, 0) is 41.8 Å². The molecule has 0 aliphatic heterocycles. The highest BCUT2D eigenvalue weighted by Gasteiger charge is 2.09. The summed E-state index contributed by atoms with van der Waals surface area (Å²) in [6.45, 7) is 0. The number of methoxy groups -OCH3 is 1. The molecule has 4 aromatic rings. The van der Waals surface area contributed by atoms with Crippen LogP contribution in [0, 0.1) is 0 Å². The average Bonchev–Trinajstić information content (AvgIpc) is 3.24. The first kappa shape index (κ1) is 19.7. The van der Waals surface area contributed by atoms with Gasteiger partial charge in [-0.3, -0.25) is 5.32 Å². The van der Waals surface area contributed by atoms with E-state index in [9.17, 15) is 4.79 Å². The van der Waals surface area contributed by atoms with Crippen LogP contribution in [0.1, 0.15) is 11.1 Å².